The highest BCUT2D eigenvalue weighted by Crippen LogP contribution is 2.44. The molecule has 2 bridgehead atoms. The molecule has 2 rings (SSSR count). The van der Waals surface area contributed by atoms with E-state index in [0.717, 1.165) is 11.8 Å². The van der Waals surface area contributed by atoms with Crippen molar-refractivity contribution in [3.8, 4) is 0 Å². The Bertz CT molecular complexity index is 186. The van der Waals surface area contributed by atoms with Crippen LogP contribution in [0.15, 0.2) is 23.3 Å². The molecule has 1 saturated carbocycles. The Morgan fingerprint density at radius 2 is 1.70 bits per heavy atom. The molecule has 0 unspecified atom stereocenters. The van der Waals surface area contributed by atoms with E-state index in [0.29, 0.717) is 0 Å². The summed E-state index contributed by atoms with van der Waals surface area (Å²) in [6.45, 7) is 4.64. The molecule has 0 spiro atoms. The molecule has 0 amide bonds. The lowest BCUT2D eigenvalue weighted by atomic mass is 9.91. The van der Waals surface area contributed by atoms with Crippen LogP contribution in [0.2, 0.25) is 0 Å². The van der Waals surface area contributed by atoms with Gasteiger partial charge in [-0.15, -0.1) is 0 Å². The Hall–Kier alpha value is -0.520. The monoisotopic (exact) mass is 134 g/mol. The van der Waals surface area contributed by atoms with E-state index in [1.165, 1.54) is 12.8 Å². The molecule has 0 atom stereocenters. The third-order valence-corrected chi connectivity index (χ3v) is 2.68. The number of hydrogen-bond donors (Lipinski definition) is 0. The molecule has 0 aliphatic heterocycles. The first kappa shape index (κ1) is 6.21. The summed E-state index contributed by atoms with van der Waals surface area (Å²) in [5.74, 6) is 1.66. The molecular formula is C10H14. The maximum absolute atomic E-state index is 2.32. The van der Waals surface area contributed by atoms with Gasteiger partial charge < -0.3 is 0 Å². The van der Waals surface area contributed by atoms with Gasteiger partial charge >= 0.3 is 0 Å². The minimum absolute atomic E-state index is 0.822. The average Bonchev–Trinajstić information content (AvgIpc) is 2.43. The largest absolute Gasteiger partial charge is 0.0625 e. The van der Waals surface area contributed by atoms with E-state index in [1.807, 2.05) is 0 Å². The second kappa shape index (κ2) is 1.98. The zero-order valence-corrected chi connectivity index (χ0v) is 6.72. The summed E-state index contributed by atoms with van der Waals surface area (Å²) in [4.78, 5) is 0. The summed E-state index contributed by atoms with van der Waals surface area (Å²) in [6, 6.07) is 0. The summed E-state index contributed by atoms with van der Waals surface area (Å²) in [5.41, 5.74) is 3.37. The minimum Gasteiger partial charge on any atom is -0.0625 e. The summed E-state index contributed by atoms with van der Waals surface area (Å²) in [5, 5.41) is 0. The van der Waals surface area contributed by atoms with Gasteiger partial charge in [-0.25, -0.2) is 0 Å². The van der Waals surface area contributed by atoms with E-state index >= 15 is 0 Å². The number of fused-ring (bicyclic) bond motifs is 2. The molecule has 0 N–H and O–H groups in total. The maximum atomic E-state index is 2.32. The molecule has 0 heteroatoms. The van der Waals surface area contributed by atoms with Crippen LogP contribution in [0.5, 0.6) is 0 Å². The first-order chi connectivity index (χ1) is 4.79. The van der Waals surface area contributed by atoms with E-state index in [9.17, 15) is 0 Å². The van der Waals surface area contributed by atoms with Gasteiger partial charge in [0.25, 0.3) is 0 Å². The lowest BCUT2D eigenvalue weighted by molar-refractivity contribution is 0.527. The quantitative estimate of drug-likeness (QED) is 0.517. The fraction of sp³-hybridized carbons (Fsp3) is 0.600. The predicted octanol–water partition coefficient (Wildman–Crippen LogP) is 2.92. The molecule has 10 heavy (non-hydrogen) atoms. The summed E-state index contributed by atoms with van der Waals surface area (Å²) < 4.78 is 0. The number of rotatable bonds is 1. The molecule has 0 nitrogen and oxygen atoms in total. The fourth-order valence-electron chi connectivity index (χ4n) is 2.28. The Morgan fingerprint density at radius 3 is 1.90 bits per heavy atom. The van der Waals surface area contributed by atoms with E-state index in [1.54, 1.807) is 11.1 Å². The topological polar surface area (TPSA) is 0 Å². The Kier molecular flexibility index (Phi) is 1.23. The van der Waals surface area contributed by atoms with Gasteiger partial charge in [-0.2, -0.15) is 0 Å². The van der Waals surface area contributed by atoms with Crippen LogP contribution in [-0.4, -0.2) is 0 Å². The first-order valence-electron chi connectivity index (χ1n) is 4.18. The number of hydrogen-bond acceptors (Lipinski definition) is 0. The molecule has 0 aromatic heterocycles. The van der Waals surface area contributed by atoms with Gasteiger partial charge in [0, 0.05) is 5.92 Å². The van der Waals surface area contributed by atoms with Crippen molar-refractivity contribution in [1.29, 1.82) is 0 Å². The standard InChI is InChI=1S/C10H14/c1-7(2)10-8-3-4-9(10)6-5-8/h3-4,7,10H,5-6H2,1-2H3. The van der Waals surface area contributed by atoms with Crippen molar-refractivity contribution in [2.24, 2.45) is 11.8 Å². The normalized spacial score (nSPS) is 23.9. The number of allylic oxidation sites excluding steroid dienone is 4. The van der Waals surface area contributed by atoms with Gasteiger partial charge in [0.2, 0.25) is 0 Å². The zero-order valence-electron chi connectivity index (χ0n) is 6.72. The molecule has 0 aromatic rings. The van der Waals surface area contributed by atoms with Gasteiger partial charge in [-0.3, -0.25) is 0 Å². The molecule has 2 aliphatic carbocycles. The third kappa shape index (κ3) is 0.681. The molecule has 0 radical (unpaired) electrons. The predicted molar refractivity (Wildman–Crippen MR) is 43.7 cm³/mol. The van der Waals surface area contributed by atoms with E-state index in [-0.39, 0.29) is 0 Å². The third-order valence-electron chi connectivity index (χ3n) is 2.68. The van der Waals surface area contributed by atoms with Crippen molar-refractivity contribution < 1.29 is 0 Å². The molecule has 0 aromatic carbocycles. The lowest BCUT2D eigenvalue weighted by Gasteiger charge is -2.13. The minimum atomic E-state index is 0.822. The van der Waals surface area contributed by atoms with Crippen LogP contribution in [-0.2, 0) is 0 Å². The van der Waals surface area contributed by atoms with Gasteiger partial charge in [0.05, 0.1) is 0 Å². The lowest BCUT2D eigenvalue weighted by Crippen LogP contribution is -2.04. The highest BCUT2D eigenvalue weighted by molar-refractivity contribution is 5.40. The zero-order chi connectivity index (χ0) is 7.14. The summed E-state index contributed by atoms with van der Waals surface area (Å²) >= 11 is 0. The van der Waals surface area contributed by atoms with Crippen molar-refractivity contribution >= 4 is 0 Å². The Morgan fingerprint density at radius 1 is 1.20 bits per heavy atom. The summed E-state index contributed by atoms with van der Waals surface area (Å²) in [7, 11) is 0. The molecule has 2 aliphatic rings. The molecular weight excluding hydrogens is 120 g/mol. The van der Waals surface area contributed by atoms with E-state index in [4.69, 9.17) is 0 Å². The van der Waals surface area contributed by atoms with Crippen LogP contribution < -0.4 is 0 Å². The molecule has 0 saturated heterocycles. The van der Waals surface area contributed by atoms with Gasteiger partial charge in [0.1, 0.15) is 0 Å². The van der Waals surface area contributed by atoms with Crippen LogP contribution in [0.1, 0.15) is 26.7 Å². The molecule has 54 valence electrons. The summed E-state index contributed by atoms with van der Waals surface area (Å²) in [6.07, 6.45) is 7.33. The van der Waals surface area contributed by atoms with Crippen LogP contribution in [0.4, 0.5) is 0 Å². The van der Waals surface area contributed by atoms with E-state index in [2.05, 4.69) is 26.0 Å². The van der Waals surface area contributed by atoms with Crippen molar-refractivity contribution in [3.05, 3.63) is 23.3 Å². The van der Waals surface area contributed by atoms with Crippen LogP contribution in [0.25, 0.3) is 0 Å². The second-order valence-corrected chi connectivity index (χ2v) is 3.70. The molecule has 1 fully saturated rings. The van der Waals surface area contributed by atoms with Gasteiger partial charge in [-0.05, 0) is 18.8 Å². The van der Waals surface area contributed by atoms with Gasteiger partial charge in [0.15, 0.2) is 0 Å². The van der Waals surface area contributed by atoms with Crippen molar-refractivity contribution in [3.63, 3.8) is 0 Å². The van der Waals surface area contributed by atoms with Crippen LogP contribution in [0, 0.1) is 11.8 Å². The van der Waals surface area contributed by atoms with Crippen LogP contribution >= 0.6 is 0 Å². The average molecular weight is 134 g/mol. The maximum Gasteiger partial charge on any atom is 0.00364 e. The highest BCUT2D eigenvalue weighted by Gasteiger charge is 2.30. The van der Waals surface area contributed by atoms with E-state index < -0.39 is 0 Å². The fourth-order valence-corrected chi connectivity index (χ4v) is 2.28. The van der Waals surface area contributed by atoms with Crippen LogP contribution in [0.3, 0.4) is 0 Å². The smallest absolute Gasteiger partial charge is 0.00364 e. The Balaban J connectivity index is 2.27. The SMILES string of the molecule is CC(C)C1C2=CC=C1CC2. The van der Waals surface area contributed by atoms with Crippen molar-refractivity contribution in [2.75, 3.05) is 0 Å². The first-order valence-corrected chi connectivity index (χ1v) is 4.18. The Labute approximate surface area is 62.6 Å². The second-order valence-electron chi connectivity index (χ2n) is 3.70. The van der Waals surface area contributed by atoms with Crippen molar-refractivity contribution in [1.82, 2.24) is 0 Å². The molecule has 0 heterocycles. The van der Waals surface area contributed by atoms with Gasteiger partial charge in [-0.1, -0.05) is 37.1 Å². The highest BCUT2D eigenvalue weighted by atomic mass is 14.3. The van der Waals surface area contributed by atoms with Crippen molar-refractivity contribution in [2.45, 2.75) is 26.7 Å².